The highest BCUT2D eigenvalue weighted by Gasteiger charge is 2.11. The molecule has 4 heteroatoms. The zero-order chi connectivity index (χ0) is 12.1. The zero-order valence-electron chi connectivity index (χ0n) is 9.57. The summed E-state index contributed by atoms with van der Waals surface area (Å²) in [4.78, 5) is 0. The van der Waals surface area contributed by atoms with E-state index in [1.807, 2.05) is 26.0 Å². The van der Waals surface area contributed by atoms with E-state index in [-0.39, 0.29) is 18.6 Å². The maximum Gasteiger partial charge on any atom is 0.101 e. The van der Waals surface area contributed by atoms with E-state index in [0.29, 0.717) is 11.3 Å². The number of aliphatic hydroxyl groups excluding tert-OH is 1. The van der Waals surface area contributed by atoms with Gasteiger partial charge < -0.3 is 16.2 Å². The van der Waals surface area contributed by atoms with E-state index in [1.54, 1.807) is 12.1 Å². The van der Waals surface area contributed by atoms with Crippen LogP contribution in [-0.2, 0) is 0 Å². The van der Waals surface area contributed by atoms with E-state index in [9.17, 15) is 0 Å². The van der Waals surface area contributed by atoms with Gasteiger partial charge in [0, 0.05) is 24.0 Å². The summed E-state index contributed by atoms with van der Waals surface area (Å²) in [5, 5.41) is 21.1. The number of nitrogens with one attached hydrogen (secondary N) is 1. The molecule has 16 heavy (non-hydrogen) atoms. The third-order valence-corrected chi connectivity index (χ3v) is 2.71. The maximum absolute atomic E-state index is 9.02. The molecule has 2 unspecified atom stereocenters. The quantitative estimate of drug-likeness (QED) is 0.671. The first kappa shape index (κ1) is 12.3. The molecular weight excluding hydrogens is 202 g/mol. The first-order valence-corrected chi connectivity index (χ1v) is 5.25. The number of rotatable bonds is 4. The fourth-order valence-corrected chi connectivity index (χ4v) is 1.31. The number of nitriles is 1. The van der Waals surface area contributed by atoms with Crippen LogP contribution in [0.5, 0.6) is 0 Å². The Bertz CT molecular complexity index is 398. The van der Waals surface area contributed by atoms with Crippen LogP contribution in [0.25, 0.3) is 0 Å². The molecule has 0 radical (unpaired) electrons. The van der Waals surface area contributed by atoms with Crippen LogP contribution in [0.1, 0.15) is 19.4 Å². The van der Waals surface area contributed by atoms with Gasteiger partial charge in [-0.15, -0.1) is 0 Å². The molecule has 1 aromatic carbocycles. The minimum absolute atomic E-state index is 0.133. The number of nitrogens with two attached hydrogens (primary N) is 1. The third-order valence-electron chi connectivity index (χ3n) is 2.71. The molecule has 0 bridgehead atoms. The summed E-state index contributed by atoms with van der Waals surface area (Å²) in [6.45, 7) is 4.08. The molecule has 0 amide bonds. The van der Waals surface area contributed by atoms with Crippen molar-refractivity contribution in [1.82, 2.24) is 0 Å². The maximum atomic E-state index is 9.02. The van der Waals surface area contributed by atoms with Crippen LogP contribution in [0.2, 0.25) is 0 Å². The molecular formula is C12H17N3O. The zero-order valence-corrected chi connectivity index (χ0v) is 9.57. The van der Waals surface area contributed by atoms with Gasteiger partial charge in [-0.1, -0.05) is 6.92 Å². The Morgan fingerprint density at radius 2 is 2.19 bits per heavy atom. The van der Waals surface area contributed by atoms with E-state index in [0.717, 1.165) is 5.69 Å². The molecule has 0 aliphatic carbocycles. The van der Waals surface area contributed by atoms with Crippen LogP contribution in [0.4, 0.5) is 11.4 Å². The minimum atomic E-state index is 0.133. The fourth-order valence-electron chi connectivity index (χ4n) is 1.31. The van der Waals surface area contributed by atoms with Gasteiger partial charge in [-0.2, -0.15) is 5.26 Å². The second-order valence-corrected chi connectivity index (χ2v) is 4.01. The van der Waals surface area contributed by atoms with Crippen LogP contribution in [0.3, 0.4) is 0 Å². The molecule has 0 aliphatic rings. The molecule has 4 N–H and O–H groups in total. The SMILES string of the molecule is CC(CO)C(C)Nc1ccc(N)c(C#N)c1. The average Bonchev–Trinajstić information content (AvgIpc) is 2.30. The molecule has 2 atom stereocenters. The van der Waals surface area contributed by atoms with Crippen molar-refractivity contribution < 1.29 is 5.11 Å². The average molecular weight is 219 g/mol. The van der Waals surface area contributed by atoms with Gasteiger partial charge in [0.1, 0.15) is 6.07 Å². The van der Waals surface area contributed by atoms with Gasteiger partial charge in [0.05, 0.1) is 5.56 Å². The van der Waals surface area contributed by atoms with E-state index in [1.165, 1.54) is 0 Å². The topological polar surface area (TPSA) is 82.1 Å². The monoisotopic (exact) mass is 219 g/mol. The highest BCUT2D eigenvalue weighted by molar-refractivity contribution is 5.62. The molecule has 0 saturated heterocycles. The lowest BCUT2D eigenvalue weighted by Gasteiger charge is -2.20. The number of anilines is 2. The Kier molecular flexibility index (Phi) is 4.15. The largest absolute Gasteiger partial charge is 0.398 e. The standard InChI is InChI=1S/C12H17N3O/c1-8(7-16)9(2)15-11-3-4-12(14)10(5-11)6-13/h3-5,8-9,15-16H,7,14H2,1-2H3. The van der Waals surface area contributed by atoms with Crippen molar-refractivity contribution in [3.63, 3.8) is 0 Å². The van der Waals surface area contributed by atoms with Crippen molar-refractivity contribution in [3.05, 3.63) is 23.8 Å². The smallest absolute Gasteiger partial charge is 0.101 e. The predicted octanol–water partition coefficient (Wildman–Crippen LogP) is 1.57. The van der Waals surface area contributed by atoms with Gasteiger partial charge in [-0.25, -0.2) is 0 Å². The van der Waals surface area contributed by atoms with Crippen molar-refractivity contribution in [3.8, 4) is 6.07 Å². The van der Waals surface area contributed by atoms with E-state index >= 15 is 0 Å². The number of benzene rings is 1. The summed E-state index contributed by atoms with van der Waals surface area (Å²) in [6, 6.07) is 7.43. The summed E-state index contributed by atoms with van der Waals surface area (Å²) in [5.41, 5.74) is 7.42. The summed E-state index contributed by atoms with van der Waals surface area (Å²) in [5.74, 6) is 0.156. The van der Waals surface area contributed by atoms with Gasteiger partial charge in [0.15, 0.2) is 0 Å². The van der Waals surface area contributed by atoms with E-state index in [2.05, 4.69) is 5.32 Å². The summed E-state index contributed by atoms with van der Waals surface area (Å²) in [7, 11) is 0. The molecule has 0 heterocycles. The lowest BCUT2D eigenvalue weighted by atomic mass is 10.0. The Balaban J connectivity index is 2.79. The Morgan fingerprint density at radius 3 is 2.75 bits per heavy atom. The number of aliphatic hydroxyl groups is 1. The Hall–Kier alpha value is -1.73. The molecule has 1 rings (SSSR count). The third kappa shape index (κ3) is 2.88. The fraction of sp³-hybridized carbons (Fsp3) is 0.417. The highest BCUT2D eigenvalue weighted by Crippen LogP contribution is 2.18. The lowest BCUT2D eigenvalue weighted by Crippen LogP contribution is -2.26. The van der Waals surface area contributed by atoms with Crippen molar-refractivity contribution >= 4 is 11.4 Å². The second kappa shape index (κ2) is 5.38. The molecule has 0 spiro atoms. The van der Waals surface area contributed by atoms with Crippen LogP contribution in [-0.4, -0.2) is 17.8 Å². The van der Waals surface area contributed by atoms with Crippen molar-refractivity contribution in [2.45, 2.75) is 19.9 Å². The number of hydrogen-bond acceptors (Lipinski definition) is 4. The molecule has 1 aromatic rings. The van der Waals surface area contributed by atoms with Crippen LogP contribution >= 0.6 is 0 Å². The summed E-state index contributed by atoms with van der Waals surface area (Å²) < 4.78 is 0. The van der Waals surface area contributed by atoms with Gasteiger partial charge in [-0.05, 0) is 31.0 Å². The van der Waals surface area contributed by atoms with Crippen LogP contribution < -0.4 is 11.1 Å². The van der Waals surface area contributed by atoms with Gasteiger partial charge in [0.2, 0.25) is 0 Å². The molecule has 0 saturated carbocycles. The van der Waals surface area contributed by atoms with Crippen LogP contribution in [0.15, 0.2) is 18.2 Å². The second-order valence-electron chi connectivity index (χ2n) is 4.01. The molecule has 0 aromatic heterocycles. The van der Waals surface area contributed by atoms with Crippen molar-refractivity contribution in [2.75, 3.05) is 17.7 Å². The van der Waals surface area contributed by atoms with E-state index < -0.39 is 0 Å². The van der Waals surface area contributed by atoms with Crippen molar-refractivity contribution in [1.29, 1.82) is 5.26 Å². The lowest BCUT2D eigenvalue weighted by molar-refractivity contribution is 0.226. The van der Waals surface area contributed by atoms with Crippen molar-refractivity contribution in [2.24, 2.45) is 5.92 Å². The first-order chi connectivity index (χ1) is 7.58. The summed E-state index contributed by atoms with van der Waals surface area (Å²) >= 11 is 0. The highest BCUT2D eigenvalue weighted by atomic mass is 16.3. The predicted molar refractivity (Wildman–Crippen MR) is 64.9 cm³/mol. The van der Waals surface area contributed by atoms with Gasteiger partial charge >= 0.3 is 0 Å². The first-order valence-electron chi connectivity index (χ1n) is 5.25. The van der Waals surface area contributed by atoms with Gasteiger partial charge in [0.25, 0.3) is 0 Å². The number of nitrogens with zero attached hydrogens (tertiary/aromatic N) is 1. The summed E-state index contributed by atoms with van der Waals surface area (Å²) in [6.07, 6.45) is 0. The Morgan fingerprint density at radius 1 is 1.50 bits per heavy atom. The van der Waals surface area contributed by atoms with Gasteiger partial charge in [-0.3, -0.25) is 0 Å². The molecule has 0 aliphatic heterocycles. The molecule has 4 nitrogen and oxygen atoms in total. The Labute approximate surface area is 95.7 Å². The number of hydrogen-bond donors (Lipinski definition) is 3. The van der Waals surface area contributed by atoms with Crippen LogP contribution in [0, 0.1) is 17.2 Å². The molecule has 86 valence electrons. The van der Waals surface area contributed by atoms with E-state index in [4.69, 9.17) is 16.1 Å². The normalized spacial score (nSPS) is 13.9. The molecule has 0 fully saturated rings. The number of nitrogen functional groups attached to an aromatic ring is 1. The minimum Gasteiger partial charge on any atom is -0.398 e.